The minimum atomic E-state index is -2.09. The number of aromatic hydroxyl groups is 4. The van der Waals surface area contributed by atoms with Crippen molar-refractivity contribution in [1.82, 2.24) is 10.9 Å². The molecule has 16 N–H and O–H groups in total. The molecule has 2 amide bonds. The van der Waals surface area contributed by atoms with E-state index in [0.29, 0.717) is 12.8 Å². The second kappa shape index (κ2) is 42.3. The number of amides is 2. The lowest BCUT2D eigenvalue weighted by atomic mass is 9.71. The van der Waals surface area contributed by atoms with Crippen LogP contribution in [0.25, 0.3) is 0 Å². The van der Waals surface area contributed by atoms with Crippen molar-refractivity contribution in [3.8, 4) is 34.5 Å². The van der Waals surface area contributed by atoms with Crippen molar-refractivity contribution in [3.05, 3.63) is 103 Å². The van der Waals surface area contributed by atoms with Crippen molar-refractivity contribution in [1.29, 1.82) is 0 Å². The highest BCUT2D eigenvalue weighted by Crippen LogP contribution is 2.55. The number of hydrogen-bond donors (Lipinski definition) is 14. The number of phenolic OH excluding ortho intramolecular Hbond substituents is 4. The van der Waals surface area contributed by atoms with E-state index >= 15 is 0 Å². The van der Waals surface area contributed by atoms with E-state index in [1.807, 2.05) is 0 Å². The molecular weight excluding hydrogens is 1470 g/mol. The molecule has 0 bridgehead atoms. The molecule has 2 saturated heterocycles. The molecule has 28 nitrogen and oxygen atoms in total. The zero-order valence-corrected chi connectivity index (χ0v) is 67.1. The van der Waals surface area contributed by atoms with E-state index < -0.39 is 179 Å². The van der Waals surface area contributed by atoms with Gasteiger partial charge in [-0.25, -0.2) is 10.9 Å². The quantitative estimate of drug-likeness (QED) is 0.00735. The monoisotopic (exact) mass is 1590 g/mol. The summed E-state index contributed by atoms with van der Waals surface area (Å²) in [6, 6.07) is 7.39. The van der Waals surface area contributed by atoms with Crippen LogP contribution in [0.15, 0.2) is 46.6 Å². The fraction of sp³-hybridized carbons (Fsp3) is 0.628. The van der Waals surface area contributed by atoms with Gasteiger partial charge in [0.25, 0.3) is 0 Å². The first kappa shape index (κ1) is 90.1. The number of aliphatic hydroxyl groups is 6. The van der Waals surface area contributed by atoms with Crippen LogP contribution in [0.1, 0.15) is 331 Å². The highest BCUT2D eigenvalue weighted by atomic mass is 16.7. The van der Waals surface area contributed by atoms with Gasteiger partial charge in [0, 0.05) is 96.8 Å². The minimum absolute atomic E-state index is 0.0193. The molecule has 12 atom stereocenters. The SMILES string of the molecule is CCCCCCCCCCCCC(=O)N/N=C(/CO)C1(O)Cc2c(O)c3c(c(O)c2C(OC2CC(N)C(O)C(C)O2)C1)C(=O)c1c(OC)cccc1C3=O.CCCCCCCCCCCCCCCCCCC(=O)N/N=C(/CO)C1(O)Cc2c(O)c3c(c(O)c2C(OC2CC(N)C(O)C(C)O2)C1)C(=O)c1c(OC)cccc1C3=O. The maximum atomic E-state index is 14.0. The number of rotatable bonds is 40. The van der Waals surface area contributed by atoms with Crippen LogP contribution in [0.5, 0.6) is 34.5 Å². The highest BCUT2D eigenvalue weighted by molar-refractivity contribution is 6.32. The summed E-state index contributed by atoms with van der Waals surface area (Å²) < 4.78 is 35.1. The Morgan fingerprint density at radius 1 is 0.474 bits per heavy atom. The first-order valence-electron chi connectivity index (χ1n) is 41.3. The molecule has 0 spiro atoms. The number of hydrazone groups is 2. The van der Waals surface area contributed by atoms with Gasteiger partial charge in [0.2, 0.25) is 23.4 Å². The van der Waals surface area contributed by atoms with Gasteiger partial charge < -0.3 is 91.0 Å². The molecule has 6 aliphatic rings. The van der Waals surface area contributed by atoms with Crippen molar-refractivity contribution < 1.29 is 108 Å². The number of nitrogens with two attached hydrogens (primary N) is 2. The Morgan fingerprint density at radius 2 is 0.781 bits per heavy atom. The second-order valence-corrected chi connectivity index (χ2v) is 31.6. The van der Waals surface area contributed by atoms with Crippen LogP contribution in [-0.2, 0) is 41.4 Å². The Balaban J connectivity index is 0.000000263. The Labute approximate surface area is 667 Å². The summed E-state index contributed by atoms with van der Waals surface area (Å²) in [5.41, 5.74) is 10.1. The molecular formula is C86H122N6O22. The van der Waals surface area contributed by atoms with Crippen LogP contribution < -0.4 is 31.8 Å². The van der Waals surface area contributed by atoms with Gasteiger partial charge in [-0.3, -0.25) is 28.8 Å². The minimum Gasteiger partial charge on any atom is -0.507 e. The number of aliphatic hydroxyl groups excluding tert-OH is 4. The van der Waals surface area contributed by atoms with Crippen LogP contribution in [0.2, 0.25) is 0 Å². The van der Waals surface area contributed by atoms with E-state index in [9.17, 15) is 79.8 Å². The highest BCUT2D eigenvalue weighted by Gasteiger charge is 2.52. The molecule has 28 heteroatoms. The fourth-order valence-corrected chi connectivity index (χ4v) is 16.8. The largest absolute Gasteiger partial charge is 0.507 e. The van der Waals surface area contributed by atoms with Crippen LogP contribution in [0, 0.1) is 0 Å². The summed E-state index contributed by atoms with van der Waals surface area (Å²) in [5, 5.41) is 122. The molecule has 0 aromatic heterocycles. The average Bonchev–Trinajstić information content (AvgIpc) is 0.715. The second-order valence-electron chi connectivity index (χ2n) is 31.6. The molecule has 0 saturated carbocycles. The van der Waals surface area contributed by atoms with Crippen molar-refractivity contribution in [3.63, 3.8) is 0 Å². The Hall–Kier alpha value is -7.84. The Bertz CT molecular complexity index is 4050. The van der Waals surface area contributed by atoms with Gasteiger partial charge in [-0.05, 0) is 38.8 Å². The van der Waals surface area contributed by atoms with Gasteiger partial charge in [0.15, 0.2) is 24.1 Å². The van der Waals surface area contributed by atoms with E-state index in [1.165, 1.54) is 166 Å². The van der Waals surface area contributed by atoms with E-state index in [4.69, 9.17) is 39.9 Å². The van der Waals surface area contributed by atoms with Crippen LogP contribution in [-0.4, -0.2) is 185 Å². The van der Waals surface area contributed by atoms with Gasteiger partial charge in [-0.2, -0.15) is 10.2 Å². The van der Waals surface area contributed by atoms with E-state index in [0.717, 1.165) is 38.5 Å². The molecule has 0 radical (unpaired) electrons. The summed E-state index contributed by atoms with van der Waals surface area (Å²) in [6.45, 7) is 6.06. The van der Waals surface area contributed by atoms with Crippen LogP contribution in [0.3, 0.4) is 0 Å². The molecule has 2 heterocycles. The van der Waals surface area contributed by atoms with Gasteiger partial charge in [-0.1, -0.05) is 192 Å². The topological polar surface area (TPSA) is 461 Å². The fourth-order valence-electron chi connectivity index (χ4n) is 16.8. The first-order chi connectivity index (χ1) is 54.7. The molecule has 4 aromatic carbocycles. The van der Waals surface area contributed by atoms with Crippen LogP contribution in [0.4, 0.5) is 0 Å². The molecule has 4 aromatic rings. The van der Waals surface area contributed by atoms with E-state index in [1.54, 1.807) is 13.8 Å². The summed E-state index contributed by atoms with van der Waals surface area (Å²) in [4.78, 5) is 81.4. The molecule has 12 unspecified atom stereocenters. The number of nitrogens with zero attached hydrogens (tertiary/aromatic N) is 2. The summed E-state index contributed by atoms with van der Waals surface area (Å²) in [7, 11) is 2.68. The summed E-state index contributed by atoms with van der Waals surface area (Å²) in [6.07, 6.45) is 21.0. The molecule has 10 rings (SSSR count). The van der Waals surface area contributed by atoms with Gasteiger partial charge in [0.05, 0.1) is 109 Å². The maximum absolute atomic E-state index is 14.0. The third-order valence-electron chi connectivity index (χ3n) is 23.3. The van der Waals surface area contributed by atoms with Crippen molar-refractivity contribution in [2.45, 2.75) is 318 Å². The number of benzene rings is 4. The van der Waals surface area contributed by atoms with Crippen LogP contribution >= 0.6 is 0 Å². The normalized spacial score (nSPS) is 24.5. The van der Waals surface area contributed by atoms with Crippen molar-refractivity contribution in [2.24, 2.45) is 21.7 Å². The number of ketones is 4. The number of ether oxygens (including phenoxy) is 6. The molecule has 2 aliphatic heterocycles. The number of phenols is 4. The lowest BCUT2D eigenvalue weighted by molar-refractivity contribution is -0.246. The Morgan fingerprint density at radius 3 is 1.08 bits per heavy atom. The van der Waals surface area contributed by atoms with Crippen molar-refractivity contribution in [2.75, 3.05) is 27.4 Å². The van der Waals surface area contributed by atoms with Gasteiger partial charge >= 0.3 is 0 Å². The number of nitrogens with one attached hydrogen (secondary N) is 2. The van der Waals surface area contributed by atoms with E-state index in [2.05, 4.69) is 34.9 Å². The van der Waals surface area contributed by atoms with Gasteiger partial charge in [-0.15, -0.1) is 0 Å². The molecule has 628 valence electrons. The predicted molar refractivity (Wildman–Crippen MR) is 425 cm³/mol. The average molecular weight is 1590 g/mol. The van der Waals surface area contributed by atoms with Crippen molar-refractivity contribution >= 4 is 46.4 Å². The van der Waals surface area contributed by atoms with E-state index in [-0.39, 0.29) is 106 Å². The zero-order valence-electron chi connectivity index (χ0n) is 67.1. The first-order valence-corrected chi connectivity index (χ1v) is 41.3. The number of hydrogen-bond acceptors (Lipinski definition) is 26. The lowest BCUT2D eigenvalue weighted by Gasteiger charge is -2.43. The molecule has 114 heavy (non-hydrogen) atoms. The summed E-state index contributed by atoms with van der Waals surface area (Å²) >= 11 is 0. The number of unbranched alkanes of at least 4 members (excludes halogenated alkanes) is 24. The number of carbonyl (C=O) groups is 6. The predicted octanol–water partition coefficient (Wildman–Crippen LogP) is 10.8. The molecule has 4 aliphatic carbocycles. The standard InChI is InChI=1S/C46H67N3O11.C40H55N3O11/c1-4-5-6-7-8-9-10-11-12-13-14-15-16-17-18-19-23-35(51)49-48-34(27-50)46(57)25-30-38(33(26-46)60-36-24-31(47)41(52)28(2)59-36)45(56)40-39(43(30)54)42(53)29-21-20-22-32(58-3)37(29)44(40)55;1-4-5-6-7-8-9-10-11-12-13-17-29(45)43-42-28(21-44)40(51)19-24-32(27(20-40)54-30-18-25(41)35(46)22(2)53-30)39(50)34-33(37(24)48)36(47)23-15-14-16-26(52-3)31(23)38(34)49/h20-22,28,31,33,36,41,50,52,54,56-57H,4-19,23-27,47H2,1-3H3,(H,49,51);14-16,22,25,27,30,35,44,46,48,50-51H,4-13,17-21,41H2,1-3H3,(H,43,45)/b48-34-;42-28-. The summed E-state index contributed by atoms with van der Waals surface area (Å²) in [5.74, 6) is -6.21. The zero-order chi connectivity index (χ0) is 82.6. The number of methoxy groups -OCH3 is 2. The third-order valence-corrected chi connectivity index (χ3v) is 23.3. The third kappa shape index (κ3) is 21.3. The van der Waals surface area contributed by atoms with Gasteiger partial charge in [0.1, 0.15) is 45.7 Å². The number of fused-ring (bicyclic) bond motifs is 6. The number of carbonyl (C=O) groups excluding carboxylic acids is 6. The smallest absolute Gasteiger partial charge is 0.240 e. The lowest BCUT2D eigenvalue weighted by Crippen LogP contribution is -2.53. The molecule has 2 fully saturated rings. The Kier molecular flexibility index (Phi) is 33.5. The maximum Gasteiger partial charge on any atom is 0.240 e.